The average molecular weight is 537 g/mol. The van der Waals surface area contributed by atoms with E-state index >= 15 is 0 Å². The summed E-state index contributed by atoms with van der Waals surface area (Å²) in [6, 6.07) is 14.1. The average Bonchev–Trinajstić information content (AvgIpc) is 3.38. The number of rotatable bonds is 9. The van der Waals surface area contributed by atoms with Gasteiger partial charge in [-0.25, -0.2) is 13.1 Å². The molecule has 1 aromatic heterocycles. The van der Waals surface area contributed by atoms with E-state index in [1.165, 1.54) is 21.0 Å². The molecule has 5 rings (SSSR count). The third-order valence-electron chi connectivity index (χ3n) is 7.28. The maximum atomic E-state index is 13.3. The highest BCUT2D eigenvalue weighted by atomic mass is 32.2. The topological polar surface area (TPSA) is 109 Å². The zero-order chi connectivity index (χ0) is 26.7. The molecule has 1 amide bonds. The highest BCUT2D eigenvalue weighted by molar-refractivity contribution is 7.89. The number of carbonyl (C=O) groups is 1. The van der Waals surface area contributed by atoms with Crippen molar-refractivity contribution in [3.05, 3.63) is 77.1 Å². The standard InChI is InChI=1S/C28H36N6O3S/c1-20(2)17-29-18-21-11-12-25-22(15-21)7-6-10-26(25)33-19-23(31-32-33)16-27-28(35)30-13-14-34(27)38(36,37)24-8-4-3-5-9-24/h3-5,8-9,11-12,15,19-20,26-27,29H,6-7,10,13-14,16-18H2,1-2H3,(H,30,35)/t26-,27+/m0/s1. The minimum Gasteiger partial charge on any atom is -0.353 e. The molecule has 202 valence electrons. The molecular formula is C28H36N6O3S. The van der Waals surface area contributed by atoms with Crippen molar-refractivity contribution in [2.45, 2.75) is 63.1 Å². The van der Waals surface area contributed by atoms with Gasteiger partial charge in [-0.1, -0.05) is 55.5 Å². The van der Waals surface area contributed by atoms with Gasteiger partial charge in [-0.15, -0.1) is 5.10 Å². The summed E-state index contributed by atoms with van der Waals surface area (Å²) in [6.45, 7) is 6.75. The number of carbonyl (C=O) groups excluding carboxylic acids is 1. The number of nitrogens with one attached hydrogen (secondary N) is 2. The Morgan fingerprint density at radius 2 is 1.97 bits per heavy atom. The van der Waals surface area contributed by atoms with Gasteiger partial charge in [-0.05, 0) is 60.5 Å². The monoisotopic (exact) mass is 536 g/mol. The molecule has 0 saturated carbocycles. The van der Waals surface area contributed by atoms with Gasteiger partial charge < -0.3 is 10.6 Å². The van der Waals surface area contributed by atoms with Crippen molar-refractivity contribution in [3.8, 4) is 0 Å². The highest BCUT2D eigenvalue weighted by Crippen LogP contribution is 2.33. The van der Waals surface area contributed by atoms with Crippen LogP contribution in [0.3, 0.4) is 0 Å². The number of fused-ring (bicyclic) bond motifs is 1. The fourth-order valence-corrected chi connectivity index (χ4v) is 7.00. The van der Waals surface area contributed by atoms with Crippen LogP contribution in [-0.4, -0.2) is 59.3 Å². The summed E-state index contributed by atoms with van der Waals surface area (Å²) in [6.07, 6.45) is 5.09. The fourth-order valence-electron chi connectivity index (χ4n) is 5.39. The maximum Gasteiger partial charge on any atom is 0.243 e. The number of hydrogen-bond acceptors (Lipinski definition) is 6. The molecule has 2 aliphatic rings. The van der Waals surface area contributed by atoms with E-state index in [1.54, 1.807) is 30.3 Å². The molecule has 10 heteroatoms. The van der Waals surface area contributed by atoms with Gasteiger partial charge in [0.05, 0.1) is 16.6 Å². The van der Waals surface area contributed by atoms with E-state index in [2.05, 4.69) is 53.0 Å². The summed E-state index contributed by atoms with van der Waals surface area (Å²) in [5.41, 5.74) is 4.48. The predicted octanol–water partition coefficient (Wildman–Crippen LogP) is 2.68. The first-order valence-corrected chi connectivity index (χ1v) is 14.8. The largest absolute Gasteiger partial charge is 0.353 e. The summed E-state index contributed by atoms with van der Waals surface area (Å²) < 4.78 is 29.9. The summed E-state index contributed by atoms with van der Waals surface area (Å²) in [7, 11) is -3.82. The molecular weight excluding hydrogens is 500 g/mol. The van der Waals surface area contributed by atoms with Crippen LogP contribution in [0.1, 0.15) is 55.1 Å². The van der Waals surface area contributed by atoms with Crippen molar-refractivity contribution in [3.63, 3.8) is 0 Å². The second-order valence-electron chi connectivity index (χ2n) is 10.6. The summed E-state index contributed by atoms with van der Waals surface area (Å²) in [5, 5.41) is 15.1. The van der Waals surface area contributed by atoms with Crippen molar-refractivity contribution in [1.82, 2.24) is 29.9 Å². The van der Waals surface area contributed by atoms with Crippen LogP contribution < -0.4 is 10.6 Å². The van der Waals surface area contributed by atoms with Crippen molar-refractivity contribution < 1.29 is 13.2 Å². The molecule has 3 aromatic rings. The van der Waals surface area contributed by atoms with Gasteiger partial charge in [0, 0.05) is 32.3 Å². The first-order valence-electron chi connectivity index (χ1n) is 13.4. The Balaban J connectivity index is 1.33. The molecule has 0 radical (unpaired) electrons. The molecule has 1 saturated heterocycles. The minimum absolute atomic E-state index is 0.0713. The molecule has 2 heterocycles. The van der Waals surface area contributed by atoms with Crippen molar-refractivity contribution in [2.75, 3.05) is 19.6 Å². The SMILES string of the molecule is CC(C)CNCc1ccc2c(c1)CCC[C@@H]2n1cc(C[C@@H]2C(=O)NCCN2S(=O)(=O)c2ccccc2)nn1. The van der Waals surface area contributed by atoms with E-state index in [4.69, 9.17) is 0 Å². The van der Waals surface area contributed by atoms with E-state index in [9.17, 15) is 13.2 Å². The first-order chi connectivity index (χ1) is 18.3. The zero-order valence-corrected chi connectivity index (χ0v) is 22.8. The van der Waals surface area contributed by atoms with Crippen LogP contribution in [0.4, 0.5) is 0 Å². The Kier molecular flexibility index (Phi) is 7.92. The van der Waals surface area contributed by atoms with Gasteiger partial charge in [0.15, 0.2) is 0 Å². The van der Waals surface area contributed by atoms with Gasteiger partial charge in [0.2, 0.25) is 15.9 Å². The molecule has 0 spiro atoms. The molecule has 2 atom stereocenters. The summed E-state index contributed by atoms with van der Waals surface area (Å²) >= 11 is 0. The third-order valence-corrected chi connectivity index (χ3v) is 9.21. The van der Waals surface area contributed by atoms with Crippen LogP contribution in [0.2, 0.25) is 0 Å². The number of benzene rings is 2. The van der Waals surface area contributed by atoms with Crippen molar-refractivity contribution >= 4 is 15.9 Å². The number of amides is 1. The van der Waals surface area contributed by atoms with E-state index < -0.39 is 16.1 Å². The number of aromatic nitrogens is 3. The van der Waals surface area contributed by atoms with Crippen LogP contribution in [0.5, 0.6) is 0 Å². The lowest BCUT2D eigenvalue weighted by molar-refractivity contribution is -0.126. The zero-order valence-electron chi connectivity index (χ0n) is 22.0. The molecule has 2 N–H and O–H groups in total. The van der Waals surface area contributed by atoms with Crippen LogP contribution in [0.25, 0.3) is 0 Å². The quantitative estimate of drug-likeness (QED) is 0.435. The molecule has 38 heavy (non-hydrogen) atoms. The van der Waals surface area contributed by atoms with Gasteiger partial charge in [-0.2, -0.15) is 4.31 Å². The lowest BCUT2D eigenvalue weighted by Crippen LogP contribution is -2.57. The van der Waals surface area contributed by atoms with Gasteiger partial charge >= 0.3 is 0 Å². The van der Waals surface area contributed by atoms with Crippen LogP contribution in [-0.2, 0) is 34.2 Å². The van der Waals surface area contributed by atoms with Crippen LogP contribution >= 0.6 is 0 Å². The normalized spacial score (nSPS) is 20.3. The molecule has 0 bridgehead atoms. The molecule has 9 nitrogen and oxygen atoms in total. The number of sulfonamides is 1. The van der Waals surface area contributed by atoms with Crippen molar-refractivity contribution in [2.24, 2.45) is 5.92 Å². The summed E-state index contributed by atoms with van der Waals surface area (Å²) in [4.78, 5) is 13.0. The maximum absolute atomic E-state index is 13.3. The van der Waals surface area contributed by atoms with Gasteiger partial charge in [-0.3, -0.25) is 4.79 Å². The summed E-state index contributed by atoms with van der Waals surface area (Å²) in [5.74, 6) is 0.302. The van der Waals surface area contributed by atoms with Gasteiger partial charge in [0.1, 0.15) is 6.04 Å². The van der Waals surface area contributed by atoms with Gasteiger partial charge in [0.25, 0.3) is 0 Å². The number of hydrogen-bond donors (Lipinski definition) is 2. The Labute approximate surface area is 224 Å². The lowest BCUT2D eigenvalue weighted by Gasteiger charge is -2.33. The Bertz CT molecular complexity index is 1370. The Morgan fingerprint density at radius 3 is 2.76 bits per heavy atom. The number of piperazine rings is 1. The molecule has 0 unspecified atom stereocenters. The molecule has 1 fully saturated rings. The number of aryl methyl sites for hydroxylation is 1. The smallest absolute Gasteiger partial charge is 0.243 e. The van der Waals surface area contributed by atoms with Crippen molar-refractivity contribution in [1.29, 1.82) is 0 Å². The van der Waals surface area contributed by atoms with E-state index in [0.717, 1.165) is 32.4 Å². The Hall–Kier alpha value is -3.08. The second kappa shape index (κ2) is 11.3. The second-order valence-corrected chi connectivity index (χ2v) is 12.5. The molecule has 1 aliphatic heterocycles. The predicted molar refractivity (Wildman–Crippen MR) is 145 cm³/mol. The minimum atomic E-state index is -3.82. The first kappa shape index (κ1) is 26.5. The number of nitrogens with zero attached hydrogens (tertiary/aromatic N) is 4. The Morgan fingerprint density at radius 1 is 1.16 bits per heavy atom. The molecule has 2 aromatic carbocycles. The van der Waals surface area contributed by atoms with E-state index in [-0.39, 0.29) is 36.4 Å². The third kappa shape index (κ3) is 5.67. The van der Waals surface area contributed by atoms with E-state index in [1.807, 2.05) is 10.9 Å². The van der Waals surface area contributed by atoms with Crippen LogP contribution in [0, 0.1) is 5.92 Å². The highest BCUT2D eigenvalue weighted by Gasteiger charge is 2.39. The van der Waals surface area contributed by atoms with E-state index in [0.29, 0.717) is 11.6 Å². The fraction of sp³-hybridized carbons (Fsp3) is 0.464. The van der Waals surface area contributed by atoms with Crippen LogP contribution in [0.15, 0.2) is 59.6 Å². The lowest BCUT2D eigenvalue weighted by atomic mass is 9.86. The molecule has 1 aliphatic carbocycles.